The lowest BCUT2D eigenvalue weighted by atomic mass is 10.00. The van der Waals surface area contributed by atoms with Crippen LogP contribution in [0.4, 0.5) is 0 Å². The zero-order chi connectivity index (χ0) is 21.9. The molecule has 2 heterocycles. The number of likely N-dealkylation sites (tertiary alicyclic amines) is 1. The highest BCUT2D eigenvalue weighted by molar-refractivity contribution is 5.76. The SMILES string of the molecule is CCCCCCCC(=O)NC(CN1CCCC1)C(OC=O)c1ccc2c(c1)OCCO2. The Morgan fingerprint density at radius 1 is 1.13 bits per heavy atom. The Labute approximate surface area is 185 Å². The molecular weight excluding hydrogens is 396 g/mol. The van der Waals surface area contributed by atoms with E-state index >= 15 is 0 Å². The van der Waals surface area contributed by atoms with Crippen LogP contribution in [0.3, 0.4) is 0 Å². The predicted octanol–water partition coefficient (Wildman–Crippen LogP) is 3.61. The van der Waals surface area contributed by atoms with Crippen molar-refractivity contribution in [2.45, 2.75) is 70.4 Å². The molecule has 0 spiro atoms. The number of hydrogen-bond donors (Lipinski definition) is 1. The van der Waals surface area contributed by atoms with Crippen molar-refractivity contribution in [3.05, 3.63) is 23.8 Å². The Morgan fingerprint density at radius 2 is 1.87 bits per heavy atom. The smallest absolute Gasteiger partial charge is 0.293 e. The first-order valence-electron chi connectivity index (χ1n) is 11.7. The number of fused-ring (bicyclic) bond motifs is 1. The molecule has 0 aliphatic carbocycles. The van der Waals surface area contributed by atoms with Crippen molar-refractivity contribution >= 4 is 12.4 Å². The largest absolute Gasteiger partial charge is 0.486 e. The molecule has 1 saturated heterocycles. The van der Waals surface area contributed by atoms with Crippen LogP contribution in [0.25, 0.3) is 0 Å². The van der Waals surface area contributed by atoms with E-state index in [0.717, 1.165) is 50.8 Å². The van der Waals surface area contributed by atoms with E-state index in [0.29, 0.717) is 44.2 Å². The standard InChI is InChI=1S/C24H36N2O5/c1-2-3-4-5-6-9-23(28)25-20(17-26-12-7-8-13-26)24(31-18-27)19-10-11-21-22(16-19)30-15-14-29-21/h10-11,16,18,20,24H,2-9,12-15,17H2,1H3,(H,25,28). The second-order valence-corrected chi connectivity index (χ2v) is 8.40. The summed E-state index contributed by atoms with van der Waals surface area (Å²) in [5.41, 5.74) is 0.795. The first-order chi connectivity index (χ1) is 15.2. The highest BCUT2D eigenvalue weighted by Gasteiger charge is 2.30. The second-order valence-electron chi connectivity index (χ2n) is 8.40. The summed E-state index contributed by atoms with van der Waals surface area (Å²) < 4.78 is 16.8. The van der Waals surface area contributed by atoms with Gasteiger partial charge in [0.2, 0.25) is 5.91 Å². The van der Waals surface area contributed by atoms with Gasteiger partial charge in [0, 0.05) is 13.0 Å². The van der Waals surface area contributed by atoms with Gasteiger partial charge >= 0.3 is 0 Å². The molecule has 1 aromatic carbocycles. The summed E-state index contributed by atoms with van der Waals surface area (Å²) in [5, 5.41) is 3.16. The van der Waals surface area contributed by atoms with Crippen LogP contribution >= 0.6 is 0 Å². The van der Waals surface area contributed by atoms with Gasteiger partial charge in [-0.25, -0.2) is 0 Å². The number of nitrogens with zero attached hydrogens (tertiary/aromatic N) is 1. The molecular formula is C24H36N2O5. The van der Waals surface area contributed by atoms with Crippen LogP contribution in [0.2, 0.25) is 0 Å². The molecule has 1 amide bonds. The number of amides is 1. The minimum Gasteiger partial charge on any atom is -0.486 e. The van der Waals surface area contributed by atoms with Crippen LogP contribution in [-0.4, -0.2) is 56.2 Å². The maximum absolute atomic E-state index is 12.7. The quantitative estimate of drug-likeness (QED) is 0.379. The summed E-state index contributed by atoms with van der Waals surface area (Å²) >= 11 is 0. The summed E-state index contributed by atoms with van der Waals surface area (Å²) in [6.07, 6.45) is 7.72. The lowest BCUT2D eigenvalue weighted by Crippen LogP contribution is -2.47. The molecule has 7 heteroatoms. The maximum atomic E-state index is 12.7. The Balaban J connectivity index is 1.71. The third-order valence-electron chi connectivity index (χ3n) is 5.97. The van der Waals surface area contributed by atoms with Gasteiger partial charge in [-0.1, -0.05) is 38.7 Å². The number of carbonyl (C=O) groups excluding carboxylic acids is 2. The van der Waals surface area contributed by atoms with Crippen molar-refractivity contribution in [1.82, 2.24) is 10.2 Å². The first-order valence-corrected chi connectivity index (χ1v) is 11.7. The van der Waals surface area contributed by atoms with Gasteiger partial charge in [0.1, 0.15) is 19.3 Å². The minimum atomic E-state index is -0.585. The fraction of sp³-hybridized carbons (Fsp3) is 0.667. The van der Waals surface area contributed by atoms with Gasteiger partial charge in [0.05, 0.1) is 6.04 Å². The van der Waals surface area contributed by atoms with Crippen LogP contribution in [0, 0.1) is 0 Å². The number of rotatable bonds is 13. The number of ether oxygens (including phenoxy) is 3. The molecule has 1 aromatic rings. The molecule has 0 aromatic heterocycles. The maximum Gasteiger partial charge on any atom is 0.293 e. The Hall–Kier alpha value is -2.28. The Bertz CT molecular complexity index is 705. The van der Waals surface area contributed by atoms with Gasteiger partial charge in [-0.15, -0.1) is 0 Å². The fourth-order valence-corrected chi connectivity index (χ4v) is 4.33. The minimum absolute atomic E-state index is 0.0118. The molecule has 2 atom stereocenters. The molecule has 0 radical (unpaired) electrons. The molecule has 0 bridgehead atoms. The number of unbranched alkanes of at least 4 members (excludes halogenated alkanes) is 4. The van der Waals surface area contributed by atoms with Crippen molar-refractivity contribution in [1.29, 1.82) is 0 Å². The van der Waals surface area contributed by atoms with Crippen molar-refractivity contribution in [3.8, 4) is 11.5 Å². The second kappa shape index (κ2) is 12.5. The molecule has 3 rings (SSSR count). The van der Waals surface area contributed by atoms with Crippen LogP contribution in [0.15, 0.2) is 18.2 Å². The first kappa shape index (κ1) is 23.4. The molecule has 7 nitrogen and oxygen atoms in total. The van der Waals surface area contributed by atoms with Crippen molar-refractivity contribution in [2.24, 2.45) is 0 Å². The van der Waals surface area contributed by atoms with Crippen molar-refractivity contribution in [3.63, 3.8) is 0 Å². The van der Waals surface area contributed by atoms with Crippen molar-refractivity contribution < 1.29 is 23.8 Å². The zero-order valence-electron chi connectivity index (χ0n) is 18.6. The molecule has 172 valence electrons. The molecule has 0 saturated carbocycles. The van der Waals surface area contributed by atoms with Gasteiger partial charge < -0.3 is 24.4 Å². The highest BCUT2D eigenvalue weighted by atomic mass is 16.6. The summed E-state index contributed by atoms with van der Waals surface area (Å²) in [4.78, 5) is 26.4. The van der Waals surface area contributed by atoms with Gasteiger partial charge in [-0.05, 0) is 50.0 Å². The van der Waals surface area contributed by atoms with Gasteiger partial charge in [0.25, 0.3) is 6.47 Å². The number of nitrogens with one attached hydrogen (secondary N) is 1. The third-order valence-corrected chi connectivity index (χ3v) is 5.97. The van der Waals surface area contributed by atoms with Gasteiger partial charge in [0.15, 0.2) is 11.5 Å². The highest BCUT2D eigenvalue weighted by Crippen LogP contribution is 2.34. The monoisotopic (exact) mass is 432 g/mol. The van der Waals surface area contributed by atoms with E-state index in [2.05, 4.69) is 17.1 Å². The molecule has 2 unspecified atom stereocenters. The Kier molecular flexibility index (Phi) is 9.46. The molecule has 1 fully saturated rings. The zero-order valence-corrected chi connectivity index (χ0v) is 18.6. The number of hydrogen-bond acceptors (Lipinski definition) is 6. The van der Waals surface area contributed by atoms with Gasteiger partial charge in [-0.3, -0.25) is 9.59 Å². The fourth-order valence-electron chi connectivity index (χ4n) is 4.33. The lowest BCUT2D eigenvalue weighted by molar-refractivity contribution is -0.137. The van der Waals surface area contributed by atoms with E-state index in [4.69, 9.17) is 14.2 Å². The van der Waals surface area contributed by atoms with Crippen LogP contribution in [-0.2, 0) is 14.3 Å². The molecule has 31 heavy (non-hydrogen) atoms. The van der Waals surface area contributed by atoms with E-state index < -0.39 is 6.10 Å². The van der Waals surface area contributed by atoms with Crippen LogP contribution < -0.4 is 14.8 Å². The molecule has 1 N–H and O–H groups in total. The molecule has 2 aliphatic heterocycles. The van der Waals surface area contributed by atoms with E-state index in [1.807, 2.05) is 18.2 Å². The van der Waals surface area contributed by atoms with Crippen molar-refractivity contribution in [2.75, 3.05) is 32.8 Å². The topological polar surface area (TPSA) is 77.1 Å². The number of carbonyl (C=O) groups is 2. The summed E-state index contributed by atoms with van der Waals surface area (Å²) in [6, 6.07) is 5.26. The van der Waals surface area contributed by atoms with Crippen LogP contribution in [0.1, 0.15) is 70.0 Å². The summed E-state index contributed by atoms with van der Waals surface area (Å²) in [7, 11) is 0. The Morgan fingerprint density at radius 3 is 2.61 bits per heavy atom. The average molecular weight is 433 g/mol. The van der Waals surface area contributed by atoms with E-state index in [1.165, 1.54) is 12.8 Å². The van der Waals surface area contributed by atoms with Crippen LogP contribution in [0.5, 0.6) is 11.5 Å². The molecule has 2 aliphatic rings. The third kappa shape index (κ3) is 7.13. The average Bonchev–Trinajstić information content (AvgIpc) is 3.30. The number of benzene rings is 1. The summed E-state index contributed by atoms with van der Waals surface area (Å²) in [6.45, 7) is 6.30. The van der Waals surface area contributed by atoms with Gasteiger partial charge in [-0.2, -0.15) is 0 Å². The normalized spacial score (nSPS) is 17.7. The van der Waals surface area contributed by atoms with E-state index in [9.17, 15) is 9.59 Å². The van der Waals surface area contributed by atoms with E-state index in [-0.39, 0.29) is 11.9 Å². The summed E-state index contributed by atoms with van der Waals surface area (Å²) in [5.74, 6) is 1.34. The van der Waals surface area contributed by atoms with E-state index in [1.54, 1.807) is 0 Å². The lowest BCUT2D eigenvalue weighted by Gasteiger charge is -2.31. The predicted molar refractivity (Wildman–Crippen MR) is 118 cm³/mol.